The molecule has 2 heteroatoms. The lowest BCUT2D eigenvalue weighted by molar-refractivity contribution is 0.861. The van der Waals surface area contributed by atoms with Crippen molar-refractivity contribution in [2.75, 3.05) is 0 Å². The Bertz CT molecular complexity index is 469. The Hall–Kier alpha value is -1.57. The molecule has 0 bridgehead atoms. The van der Waals surface area contributed by atoms with Gasteiger partial charge in [-0.25, -0.2) is 4.68 Å². The van der Waals surface area contributed by atoms with Crippen LogP contribution in [0.2, 0.25) is 0 Å². The van der Waals surface area contributed by atoms with Gasteiger partial charge in [-0.05, 0) is 43.5 Å². The molecule has 0 amide bonds. The zero-order valence-electron chi connectivity index (χ0n) is 9.49. The number of benzene rings is 1. The molecule has 0 saturated heterocycles. The third-order valence-corrected chi connectivity index (χ3v) is 2.65. The predicted octanol–water partition coefficient (Wildman–Crippen LogP) is 3.05. The number of aryl methyl sites for hydroxylation is 3. The lowest BCUT2D eigenvalue weighted by atomic mass is 10.2. The Labute approximate surface area is 90.6 Å². The lowest BCUT2D eigenvalue weighted by Gasteiger charge is -2.01. The molecule has 0 N–H and O–H groups in total. The first-order valence-corrected chi connectivity index (χ1v) is 5.33. The molecular formula is C13H16N2. The van der Waals surface area contributed by atoms with Crippen molar-refractivity contribution in [2.45, 2.75) is 27.2 Å². The fourth-order valence-electron chi connectivity index (χ4n) is 1.75. The van der Waals surface area contributed by atoms with Gasteiger partial charge < -0.3 is 0 Å². The number of aromatic nitrogens is 2. The molecule has 0 aliphatic rings. The summed E-state index contributed by atoms with van der Waals surface area (Å²) in [4.78, 5) is 0. The van der Waals surface area contributed by atoms with E-state index in [-0.39, 0.29) is 0 Å². The zero-order chi connectivity index (χ0) is 10.8. The fourth-order valence-corrected chi connectivity index (χ4v) is 1.75. The molecular weight excluding hydrogens is 184 g/mol. The molecule has 0 unspecified atom stereocenters. The van der Waals surface area contributed by atoms with E-state index in [1.54, 1.807) is 0 Å². The molecule has 2 aromatic rings. The molecule has 0 radical (unpaired) electrons. The summed E-state index contributed by atoms with van der Waals surface area (Å²) in [5.74, 6) is 0. The summed E-state index contributed by atoms with van der Waals surface area (Å²) in [5.41, 5.74) is 4.84. The van der Waals surface area contributed by atoms with Crippen molar-refractivity contribution in [3.8, 4) is 5.69 Å². The summed E-state index contributed by atoms with van der Waals surface area (Å²) in [6, 6.07) is 8.39. The van der Waals surface area contributed by atoms with Crippen molar-refractivity contribution >= 4 is 0 Å². The zero-order valence-corrected chi connectivity index (χ0v) is 9.49. The highest BCUT2D eigenvalue weighted by Gasteiger charge is 2.03. The Morgan fingerprint density at radius 1 is 1.27 bits per heavy atom. The molecule has 0 fully saturated rings. The average Bonchev–Trinajstić information content (AvgIpc) is 2.60. The van der Waals surface area contributed by atoms with Gasteiger partial charge in [-0.3, -0.25) is 0 Å². The van der Waals surface area contributed by atoms with Gasteiger partial charge in [0.05, 0.1) is 11.4 Å². The van der Waals surface area contributed by atoms with Gasteiger partial charge in [0.1, 0.15) is 0 Å². The summed E-state index contributed by atoms with van der Waals surface area (Å²) in [5, 5.41) is 4.51. The van der Waals surface area contributed by atoms with E-state index < -0.39 is 0 Å². The molecule has 1 heterocycles. The van der Waals surface area contributed by atoms with Gasteiger partial charge >= 0.3 is 0 Å². The maximum atomic E-state index is 4.51. The number of rotatable bonds is 2. The standard InChI is InChI=1S/C13H16N2/c1-4-12-9-15(14-11(12)3)13-7-5-6-10(2)8-13/h5-9H,4H2,1-3H3. The van der Waals surface area contributed by atoms with Crippen LogP contribution in [-0.2, 0) is 6.42 Å². The summed E-state index contributed by atoms with van der Waals surface area (Å²) >= 11 is 0. The SMILES string of the molecule is CCc1cn(-c2cccc(C)c2)nc1C. The van der Waals surface area contributed by atoms with Crippen LogP contribution in [0.5, 0.6) is 0 Å². The van der Waals surface area contributed by atoms with Gasteiger partial charge in [0.2, 0.25) is 0 Å². The average molecular weight is 200 g/mol. The van der Waals surface area contributed by atoms with Crippen LogP contribution in [-0.4, -0.2) is 9.78 Å². The van der Waals surface area contributed by atoms with E-state index >= 15 is 0 Å². The molecule has 2 rings (SSSR count). The molecule has 0 aliphatic carbocycles. The first kappa shape index (κ1) is 9.97. The maximum Gasteiger partial charge on any atom is 0.0648 e. The van der Waals surface area contributed by atoms with E-state index in [9.17, 15) is 0 Å². The van der Waals surface area contributed by atoms with Crippen molar-refractivity contribution < 1.29 is 0 Å². The molecule has 0 atom stereocenters. The first-order valence-electron chi connectivity index (χ1n) is 5.33. The van der Waals surface area contributed by atoms with Crippen molar-refractivity contribution in [3.63, 3.8) is 0 Å². The van der Waals surface area contributed by atoms with Crippen molar-refractivity contribution in [1.82, 2.24) is 9.78 Å². The monoisotopic (exact) mass is 200 g/mol. The predicted molar refractivity (Wildman–Crippen MR) is 62.4 cm³/mol. The quantitative estimate of drug-likeness (QED) is 0.728. The molecule has 15 heavy (non-hydrogen) atoms. The summed E-state index contributed by atoms with van der Waals surface area (Å²) in [7, 11) is 0. The Morgan fingerprint density at radius 3 is 2.67 bits per heavy atom. The number of hydrogen-bond acceptors (Lipinski definition) is 1. The van der Waals surface area contributed by atoms with Crippen molar-refractivity contribution in [3.05, 3.63) is 47.3 Å². The Kier molecular flexibility index (Phi) is 2.58. The van der Waals surface area contributed by atoms with Gasteiger partial charge in [-0.2, -0.15) is 5.10 Å². The maximum absolute atomic E-state index is 4.51. The van der Waals surface area contributed by atoms with Crippen LogP contribution in [0.25, 0.3) is 5.69 Å². The number of hydrogen-bond donors (Lipinski definition) is 0. The van der Waals surface area contributed by atoms with Crippen LogP contribution < -0.4 is 0 Å². The minimum atomic E-state index is 1.04. The molecule has 78 valence electrons. The topological polar surface area (TPSA) is 17.8 Å². The number of nitrogens with zero attached hydrogens (tertiary/aromatic N) is 2. The second-order valence-corrected chi connectivity index (χ2v) is 3.88. The molecule has 0 aliphatic heterocycles. The fraction of sp³-hybridized carbons (Fsp3) is 0.308. The summed E-state index contributed by atoms with van der Waals surface area (Å²) in [6.45, 7) is 6.32. The van der Waals surface area contributed by atoms with Crippen LogP contribution in [0.4, 0.5) is 0 Å². The van der Waals surface area contributed by atoms with E-state index in [2.05, 4.69) is 56.3 Å². The Morgan fingerprint density at radius 2 is 2.07 bits per heavy atom. The highest BCUT2D eigenvalue weighted by Crippen LogP contribution is 2.13. The molecule has 1 aromatic heterocycles. The van der Waals surface area contributed by atoms with Crippen LogP contribution in [0.15, 0.2) is 30.5 Å². The van der Waals surface area contributed by atoms with E-state index in [1.165, 1.54) is 11.1 Å². The van der Waals surface area contributed by atoms with E-state index in [1.807, 2.05) is 4.68 Å². The highest BCUT2D eigenvalue weighted by atomic mass is 15.3. The van der Waals surface area contributed by atoms with Gasteiger partial charge in [0.15, 0.2) is 0 Å². The largest absolute Gasteiger partial charge is 0.240 e. The van der Waals surface area contributed by atoms with Gasteiger partial charge in [-0.1, -0.05) is 19.1 Å². The van der Waals surface area contributed by atoms with E-state index in [4.69, 9.17) is 0 Å². The molecule has 0 spiro atoms. The minimum absolute atomic E-state index is 1.04. The lowest BCUT2D eigenvalue weighted by Crippen LogP contribution is -1.94. The van der Waals surface area contributed by atoms with Crippen LogP contribution in [0.1, 0.15) is 23.7 Å². The second kappa shape index (κ2) is 3.89. The second-order valence-electron chi connectivity index (χ2n) is 3.88. The molecule has 0 saturated carbocycles. The summed E-state index contributed by atoms with van der Waals surface area (Å²) < 4.78 is 1.96. The first-order chi connectivity index (χ1) is 7.20. The van der Waals surface area contributed by atoms with Gasteiger partial charge in [0.25, 0.3) is 0 Å². The van der Waals surface area contributed by atoms with Gasteiger partial charge in [-0.15, -0.1) is 0 Å². The minimum Gasteiger partial charge on any atom is -0.240 e. The van der Waals surface area contributed by atoms with E-state index in [0.29, 0.717) is 0 Å². The van der Waals surface area contributed by atoms with Crippen molar-refractivity contribution in [1.29, 1.82) is 0 Å². The third kappa shape index (κ3) is 1.94. The summed E-state index contributed by atoms with van der Waals surface area (Å²) in [6.07, 6.45) is 3.15. The van der Waals surface area contributed by atoms with Crippen molar-refractivity contribution in [2.24, 2.45) is 0 Å². The van der Waals surface area contributed by atoms with Crippen LogP contribution in [0, 0.1) is 13.8 Å². The molecule has 1 aromatic carbocycles. The van der Waals surface area contributed by atoms with E-state index in [0.717, 1.165) is 17.8 Å². The van der Waals surface area contributed by atoms with Gasteiger partial charge in [0, 0.05) is 6.20 Å². The Balaban J connectivity index is 2.45. The highest BCUT2D eigenvalue weighted by molar-refractivity contribution is 5.36. The normalized spacial score (nSPS) is 10.6. The smallest absolute Gasteiger partial charge is 0.0648 e. The third-order valence-electron chi connectivity index (χ3n) is 2.65. The van der Waals surface area contributed by atoms with Crippen LogP contribution in [0.3, 0.4) is 0 Å². The van der Waals surface area contributed by atoms with Crippen LogP contribution >= 0.6 is 0 Å². The molecule has 2 nitrogen and oxygen atoms in total.